The number of benzene rings is 1. The molecular weight excluding hydrogens is 392 g/mol. The average molecular weight is 423 g/mol. The summed E-state index contributed by atoms with van der Waals surface area (Å²) < 4.78 is 8.19. The van der Waals surface area contributed by atoms with Crippen molar-refractivity contribution in [3.05, 3.63) is 52.3 Å². The van der Waals surface area contributed by atoms with E-state index in [1.807, 2.05) is 28.1 Å². The minimum atomic E-state index is 0.0574. The van der Waals surface area contributed by atoms with E-state index in [-0.39, 0.29) is 5.91 Å². The standard InChI is InChI=1S/C25H30N2O2S/c1-26-13-5-7-19(26)15-18-17-27(25(28)24-10-6-14-30-24)23-12-11-21(16-22(18)23)29-20-8-3-2-4-9-20/h6,10-12,14,16-17,19-20H,2-5,7-9,13,15H2,1H3/t19-/m1/s1. The highest BCUT2D eigenvalue weighted by Gasteiger charge is 2.24. The fourth-order valence-corrected chi connectivity index (χ4v) is 5.73. The minimum absolute atomic E-state index is 0.0574. The SMILES string of the molecule is CN1CCC[C@@H]1Cc1cn(C(=O)c2cccs2)c2ccc(OC3CCCCC3)cc12. The van der Waals surface area contributed by atoms with Gasteiger partial charge in [-0.2, -0.15) is 0 Å². The van der Waals surface area contributed by atoms with E-state index in [1.54, 1.807) is 0 Å². The molecule has 3 aromatic rings. The van der Waals surface area contributed by atoms with Gasteiger partial charge in [0.15, 0.2) is 0 Å². The maximum atomic E-state index is 13.2. The number of hydrogen-bond acceptors (Lipinski definition) is 4. The van der Waals surface area contributed by atoms with Gasteiger partial charge < -0.3 is 9.64 Å². The molecule has 0 unspecified atom stereocenters. The average Bonchev–Trinajstić information content (AvgIpc) is 3.50. The van der Waals surface area contributed by atoms with E-state index in [9.17, 15) is 4.79 Å². The number of carbonyl (C=O) groups is 1. The number of hydrogen-bond donors (Lipinski definition) is 0. The van der Waals surface area contributed by atoms with Crippen molar-refractivity contribution in [1.82, 2.24) is 9.47 Å². The number of carbonyl (C=O) groups excluding carboxylic acids is 1. The van der Waals surface area contributed by atoms with E-state index in [2.05, 4.69) is 30.3 Å². The van der Waals surface area contributed by atoms with Gasteiger partial charge in [-0.1, -0.05) is 12.5 Å². The van der Waals surface area contributed by atoms with Gasteiger partial charge in [-0.15, -0.1) is 11.3 Å². The summed E-state index contributed by atoms with van der Waals surface area (Å²) in [6, 6.07) is 10.7. The predicted octanol–water partition coefficient (Wildman–Crippen LogP) is 5.74. The van der Waals surface area contributed by atoms with E-state index in [4.69, 9.17) is 4.74 Å². The molecular formula is C25H30N2O2S. The lowest BCUT2D eigenvalue weighted by atomic mass is 9.98. The van der Waals surface area contributed by atoms with Gasteiger partial charge in [0, 0.05) is 17.6 Å². The summed E-state index contributed by atoms with van der Waals surface area (Å²) in [6.07, 6.45) is 12.0. The lowest BCUT2D eigenvalue weighted by Gasteiger charge is -2.23. The largest absolute Gasteiger partial charge is 0.490 e. The molecule has 1 aliphatic heterocycles. The maximum Gasteiger partial charge on any atom is 0.272 e. The van der Waals surface area contributed by atoms with Crippen LogP contribution in [-0.2, 0) is 6.42 Å². The Hall–Kier alpha value is -2.11. The minimum Gasteiger partial charge on any atom is -0.490 e. The highest BCUT2D eigenvalue weighted by molar-refractivity contribution is 7.12. The lowest BCUT2D eigenvalue weighted by molar-refractivity contribution is 0.0968. The van der Waals surface area contributed by atoms with E-state index < -0.39 is 0 Å². The second-order valence-electron chi connectivity index (χ2n) is 8.84. The molecule has 30 heavy (non-hydrogen) atoms. The molecule has 2 aromatic heterocycles. The van der Waals surface area contributed by atoms with Crippen LogP contribution in [0, 0.1) is 0 Å². The molecule has 1 saturated carbocycles. The van der Waals surface area contributed by atoms with E-state index in [0.717, 1.165) is 47.3 Å². The lowest BCUT2D eigenvalue weighted by Crippen LogP contribution is -2.26. The van der Waals surface area contributed by atoms with Crippen LogP contribution in [0.25, 0.3) is 10.9 Å². The van der Waals surface area contributed by atoms with Crippen LogP contribution in [-0.4, -0.2) is 41.1 Å². The molecule has 0 amide bonds. The number of nitrogens with zero attached hydrogens (tertiary/aromatic N) is 2. The quantitative estimate of drug-likeness (QED) is 0.526. The van der Waals surface area contributed by atoms with Crippen molar-refractivity contribution in [2.45, 2.75) is 63.5 Å². The molecule has 4 nitrogen and oxygen atoms in total. The monoisotopic (exact) mass is 422 g/mol. The summed E-state index contributed by atoms with van der Waals surface area (Å²) in [7, 11) is 2.21. The van der Waals surface area contributed by atoms with Crippen molar-refractivity contribution in [2.24, 2.45) is 0 Å². The summed E-state index contributed by atoms with van der Waals surface area (Å²) in [6.45, 7) is 1.16. The molecule has 1 aliphatic carbocycles. The topological polar surface area (TPSA) is 34.5 Å². The third-order valence-electron chi connectivity index (χ3n) is 6.79. The zero-order valence-electron chi connectivity index (χ0n) is 17.7. The third kappa shape index (κ3) is 3.93. The van der Waals surface area contributed by atoms with Crippen molar-refractivity contribution in [1.29, 1.82) is 0 Å². The van der Waals surface area contributed by atoms with Crippen LogP contribution < -0.4 is 4.74 Å². The van der Waals surface area contributed by atoms with Gasteiger partial charge in [-0.3, -0.25) is 9.36 Å². The van der Waals surface area contributed by atoms with Gasteiger partial charge in [-0.25, -0.2) is 0 Å². The normalized spacial score (nSPS) is 20.8. The first-order valence-corrected chi connectivity index (χ1v) is 12.2. The fourth-order valence-electron chi connectivity index (χ4n) is 5.07. The Labute approximate surface area is 182 Å². The van der Waals surface area contributed by atoms with Gasteiger partial charge in [-0.05, 0) is 93.7 Å². The van der Waals surface area contributed by atoms with Gasteiger partial charge in [0.05, 0.1) is 16.5 Å². The Balaban J connectivity index is 1.51. The van der Waals surface area contributed by atoms with Crippen LogP contribution >= 0.6 is 11.3 Å². The molecule has 5 rings (SSSR count). The molecule has 0 N–H and O–H groups in total. The van der Waals surface area contributed by atoms with Crippen LogP contribution in [0.1, 0.15) is 60.2 Å². The molecule has 2 fully saturated rings. The van der Waals surface area contributed by atoms with Crippen LogP contribution in [0.15, 0.2) is 41.9 Å². The predicted molar refractivity (Wildman–Crippen MR) is 123 cm³/mol. The molecule has 158 valence electrons. The molecule has 1 saturated heterocycles. The van der Waals surface area contributed by atoms with E-state index >= 15 is 0 Å². The molecule has 1 aromatic carbocycles. The van der Waals surface area contributed by atoms with Crippen molar-refractivity contribution in [3.8, 4) is 5.75 Å². The Morgan fingerprint density at radius 1 is 1.13 bits per heavy atom. The Morgan fingerprint density at radius 2 is 2.00 bits per heavy atom. The van der Waals surface area contributed by atoms with Crippen LogP contribution in [0.5, 0.6) is 5.75 Å². The highest BCUT2D eigenvalue weighted by Crippen LogP contribution is 2.32. The number of thiophene rings is 1. The third-order valence-corrected chi connectivity index (χ3v) is 7.65. The Morgan fingerprint density at radius 3 is 2.73 bits per heavy atom. The zero-order chi connectivity index (χ0) is 20.5. The van der Waals surface area contributed by atoms with Crippen molar-refractivity contribution < 1.29 is 9.53 Å². The molecule has 2 aliphatic rings. The summed E-state index contributed by atoms with van der Waals surface area (Å²) in [5, 5.41) is 3.12. The molecule has 0 radical (unpaired) electrons. The molecule has 3 heterocycles. The van der Waals surface area contributed by atoms with Crippen LogP contribution in [0.3, 0.4) is 0 Å². The van der Waals surface area contributed by atoms with Gasteiger partial charge >= 0.3 is 0 Å². The first-order valence-electron chi connectivity index (χ1n) is 11.3. The van der Waals surface area contributed by atoms with Crippen molar-refractivity contribution in [3.63, 3.8) is 0 Å². The molecule has 0 spiro atoms. The number of likely N-dealkylation sites (tertiary alicyclic amines) is 1. The van der Waals surface area contributed by atoms with Gasteiger partial charge in [0.1, 0.15) is 5.75 Å². The summed E-state index contributed by atoms with van der Waals surface area (Å²) in [5.41, 5.74) is 2.24. The number of likely N-dealkylation sites (N-methyl/N-ethyl adjacent to an activating group) is 1. The zero-order valence-corrected chi connectivity index (χ0v) is 18.5. The number of fused-ring (bicyclic) bond motifs is 1. The Kier molecular flexibility index (Phi) is 5.66. The molecule has 0 bridgehead atoms. The Bertz CT molecular complexity index is 1020. The van der Waals surface area contributed by atoms with Crippen LogP contribution in [0.2, 0.25) is 0 Å². The molecule has 5 heteroatoms. The summed E-state index contributed by atoms with van der Waals surface area (Å²) in [4.78, 5) is 16.4. The second-order valence-corrected chi connectivity index (χ2v) is 9.79. The number of rotatable bonds is 5. The summed E-state index contributed by atoms with van der Waals surface area (Å²) >= 11 is 1.50. The number of ether oxygens (including phenoxy) is 1. The maximum absolute atomic E-state index is 13.2. The van der Waals surface area contributed by atoms with Crippen molar-refractivity contribution in [2.75, 3.05) is 13.6 Å². The van der Waals surface area contributed by atoms with Gasteiger partial charge in [0.25, 0.3) is 5.91 Å². The summed E-state index contributed by atoms with van der Waals surface area (Å²) in [5.74, 6) is 0.999. The van der Waals surface area contributed by atoms with E-state index in [0.29, 0.717) is 12.1 Å². The second kappa shape index (κ2) is 8.56. The van der Waals surface area contributed by atoms with Crippen LogP contribution in [0.4, 0.5) is 0 Å². The molecule has 1 atom stereocenters. The fraction of sp³-hybridized carbons (Fsp3) is 0.480. The smallest absolute Gasteiger partial charge is 0.272 e. The number of aromatic nitrogens is 1. The highest BCUT2D eigenvalue weighted by atomic mass is 32.1. The first-order chi connectivity index (χ1) is 14.7. The van der Waals surface area contributed by atoms with Gasteiger partial charge in [0.2, 0.25) is 0 Å². The van der Waals surface area contributed by atoms with E-state index in [1.165, 1.54) is 49.0 Å². The van der Waals surface area contributed by atoms with Crippen molar-refractivity contribution >= 4 is 28.1 Å². The first kappa shape index (κ1) is 19.8.